The van der Waals surface area contributed by atoms with E-state index < -0.39 is 42.7 Å². The van der Waals surface area contributed by atoms with Crippen molar-refractivity contribution in [3.05, 3.63) is 0 Å². The Morgan fingerprint density at radius 1 is 1.12 bits per heavy atom. The Morgan fingerprint density at radius 3 is 1.94 bits per heavy atom. The zero-order chi connectivity index (χ0) is 13.9. The van der Waals surface area contributed by atoms with E-state index in [1.165, 1.54) is 13.8 Å². The van der Waals surface area contributed by atoms with Crippen molar-refractivity contribution in [2.45, 2.75) is 32.4 Å². The van der Waals surface area contributed by atoms with E-state index in [9.17, 15) is 31.5 Å². The van der Waals surface area contributed by atoms with E-state index in [0.717, 1.165) is 5.32 Å². The minimum atomic E-state index is -4.80. The Morgan fingerprint density at radius 2 is 1.59 bits per heavy atom. The van der Waals surface area contributed by atoms with Gasteiger partial charge in [-0.1, -0.05) is 13.8 Å². The van der Waals surface area contributed by atoms with Gasteiger partial charge in [0.2, 0.25) is 5.78 Å². The number of carbonyl (C=O) groups is 2. The molecule has 3 nitrogen and oxygen atoms in total. The molecule has 0 heterocycles. The van der Waals surface area contributed by atoms with E-state index in [0.29, 0.717) is 0 Å². The summed E-state index contributed by atoms with van der Waals surface area (Å²) >= 11 is 0. The zero-order valence-corrected chi connectivity index (χ0v) is 9.20. The molecular formula is C9H12F5NO2. The summed E-state index contributed by atoms with van der Waals surface area (Å²) in [5.41, 5.74) is 0. The Bertz CT molecular complexity index is 298. The lowest BCUT2D eigenvalue weighted by atomic mass is 10.0. The van der Waals surface area contributed by atoms with Crippen LogP contribution >= 0.6 is 0 Å². The average molecular weight is 261 g/mol. The first-order valence-electron chi connectivity index (χ1n) is 4.73. The fourth-order valence-electron chi connectivity index (χ4n) is 0.917. The second-order valence-corrected chi connectivity index (χ2v) is 3.89. The van der Waals surface area contributed by atoms with Gasteiger partial charge in [-0.15, -0.1) is 0 Å². The number of hydrogen-bond donors (Lipinski definition) is 1. The first kappa shape index (κ1) is 15.8. The number of hydrogen-bond acceptors (Lipinski definition) is 2. The highest BCUT2D eigenvalue weighted by atomic mass is 19.4. The van der Waals surface area contributed by atoms with Crippen molar-refractivity contribution in [1.29, 1.82) is 0 Å². The average Bonchev–Trinajstić information content (AvgIpc) is 2.11. The number of halogens is 5. The molecule has 17 heavy (non-hydrogen) atoms. The van der Waals surface area contributed by atoms with E-state index >= 15 is 0 Å². The minimum absolute atomic E-state index is 0.413. The number of carbonyl (C=O) groups excluding carboxylic acids is 2. The van der Waals surface area contributed by atoms with E-state index in [4.69, 9.17) is 0 Å². The van der Waals surface area contributed by atoms with Crippen LogP contribution in [-0.4, -0.2) is 30.3 Å². The molecule has 1 N–H and O–H groups in total. The molecule has 0 aliphatic carbocycles. The van der Waals surface area contributed by atoms with Crippen LogP contribution in [0.1, 0.15) is 20.3 Å². The molecule has 8 heteroatoms. The summed E-state index contributed by atoms with van der Waals surface area (Å²) in [7, 11) is 0. The van der Waals surface area contributed by atoms with E-state index in [1.807, 2.05) is 0 Å². The van der Waals surface area contributed by atoms with Crippen molar-refractivity contribution in [2.75, 3.05) is 6.54 Å². The van der Waals surface area contributed by atoms with Gasteiger partial charge in [-0.2, -0.15) is 22.0 Å². The second-order valence-electron chi connectivity index (χ2n) is 3.89. The molecule has 0 aliphatic heterocycles. The normalized spacial score (nSPS) is 12.7. The van der Waals surface area contributed by atoms with Crippen LogP contribution in [0, 0.1) is 5.92 Å². The van der Waals surface area contributed by atoms with Crippen LogP contribution in [0.25, 0.3) is 0 Å². The maximum atomic E-state index is 13.0. The lowest BCUT2D eigenvalue weighted by Gasteiger charge is -2.16. The molecule has 0 atom stereocenters. The molecular weight excluding hydrogens is 249 g/mol. The first-order chi connectivity index (χ1) is 7.47. The molecule has 0 radical (unpaired) electrons. The highest BCUT2D eigenvalue weighted by Gasteiger charge is 2.47. The largest absolute Gasteiger partial charge is 0.405 e. The quantitative estimate of drug-likeness (QED) is 0.607. The molecule has 0 bridgehead atoms. The number of rotatable bonds is 5. The molecule has 0 aliphatic rings. The van der Waals surface area contributed by atoms with Gasteiger partial charge in [-0.05, 0) is 5.92 Å². The predicted molar refractivity (Wildman–Crippen MR) is 48.5 cm³/mol. The highest BCUT2D eigenvalue weighted by Crippen LogP contribution is 2.20. The van der Waals surface area contributed by atoms with Crippen LogP contribution < -0.4 is 5.32 Å². The summed E-state index contributed by atoms with van der Waals surface area (Å²) in [4.78, 5) is 21.7. The molecule has 0 unspecified atom stereocenters. The molecule has 0 spiro atoms. The van der Waals surface area contributed by atoms with Crippen molar-refractivity contribution in [3.63, 3.8) is 0 Å². The monoisotopic (exact) mass is 261 g/mol. The van der Waals surface area contributed by atoms with Gasteiger partial charge in [0.1, 0.15) is 6.54 Å². The SMILES string of the molecule is CC(C)CC(=O)C(F)(F)C(=O)NCC(F)(F)F. The predicted octanol–water partition coefficient (Wildman–Crippen LogP) is 1.92. The van der Waals surface area contributed by atoms with Crippen molar-refractivity contribution in [3.8, 4) is 0 Å². The van der Waals surface area contributed by atoms with Gasteiger partial charge in [0, 0.05) is 6.42 Å². The van der Waals surface area contributed by atoms with Crippen molar-refractivity contribution < 1.29 is 31.5 Å². The molecule has 1 amide bonds. The lowest BCUT2D eigenvalue weighted by Crippen LogP contribution is -2.48. The van der Waals surface area contributed by atoms with Gasteiger partial charge in [0.25, 0.3) is 5.91 Å². The third kappa shape index (κ3) is 5.60. The summed E-state index contributed by atoms with van der Waals surface area (Å²) in [5, 5.41) is 0.982. The topological polar surface area (TPSA) is 46.2 Å². The molecule has 0 rings (SSSR count). The molecule has 100 valence electrons. The van der Waals surface area contributed by atoms with Gasteiger partial charge in [0.05, 0.1) is 0 Å². The summed E-state index contributed by atoms with van der Waals surface area (Å²) in [5.74, 6) is -8.74. The molecule has 0 saturated heterocycles. The maximum Gasteiger partial charge on any atom is 0.405 e. The van der Waals surface area contributed by atoms with Gasteiger partial charge >= 0.3 is 12.1 Å². The standard InChI is InChI=1S/C9H12F5NO2/c1-5(2)3-6(16)9(13,14)7(17)15-4-8(10,11)12/h5H,3-4H2,1-2H3,(H,15,17). The Balaban J connectivity index is 4.49. The first-order valence-corrected chi connectivity index (χ1v) is 4.73. The molecule has 0 aromatic carbocycles. The van der Waals surface area contributed by atoms with Crippen LogP contribution in [0.3, 0.4) is 0 Å². The van der Waals surface area contributed by atoms with E-state index in [-0.39, 0.29) is 0 Å². The summed E-state index contributed by atoms with van der Waals surface area (Å²) in [6.45, 7) is 1.06. The van der Waals surface area contributed by atoms with Gasteiger partial charge in [0.15, 0.2) is 0 Å². The van der Waals surface area contributed by atoms with Crippen LogP contribution in [0.2, 0.25) is 0 Å². The minimum Gasteiger partial charge on any atom is -0.341 e. The number of alkyl halides is 5. The Labute approximate surface area is 94.4 Å². The smallest absolute Gasteiger partial charge is 0.341 e. The van der Waals surface area contributed by atoms with E-state index in [2.05, 4.69) is 0 Å². The zero-order valence-electron chi connectivity index (χ0n) is 9.20. The summed E-state index contributed by atoms with van der Waals surface area (Å²) in [6.07, 6.45) is -5.38. The van der Waals surface area contributed by atoms with Gasteiger partial charge < -0.3 is 5.32 Å². The fourth-order valence-corrected chi connectivity index (χ4v) is 0.917. The third-order valence-corrected chi connectivity index (χ3v) is 1.68. The van der Waals surface area contributed by atoms with Crippen LogP contribution in [0.5, 0.6) is 0 Å². The molecule has 0 aromatic rings. The van der Waals surface area contributed by atoms with Crippen LogP contribution in [-0.2, 0) is 9.59 Å². The van der Waals surface area contributed by atoms with Crippen molar-refractivity contribution >= 4 is 11.7 Å². The lowest BCUT2D eigenvalue weighted by molar-refractivity contribution is -0.164. The second kappa shape index (κ2) is 5.42. The number of Topliss-reactive ketones (excluding diaryl/α,β-unsaturated/α-hetero) is 1. The Kier molecular flexibility index (Phi) is 5.03. The summed E-state index contributed by atoms with van der Waals surface area (Å²) in [6, 6.07) is 0. The van der Waals surface area contributed by atoms with Gasteiger partial charge in [-0.3, -0.25) is 9.59 Å². The molecule has 0 saturated carbocycles. The fraction of sp³-hybridized carbons (Fsp3) is 0.778. The van der Waals surface area contributed by atoms with E-state index in [1.54, 1.807) is 0 Å². The highest BCUT2D eigenvalue weighted by molar-refractivity contribution is 6.07. The number of amides is 1. The van der Waals surface area contributed by atoms with Crippen molar-refractivity contribution in [1.82, 2.24) is 5.32 Å². The number of ketones is 1. The maximum absolute atomic E-state index is 13.0. The van der Waals surface area contributed by atoms with Crippen molar-refractivity contribution in [2.24, 2.45) is 5.92 Å². The Hall–Kier alpha value is -1.21. The third-order valence-electron chi connectivity index (χ3n) is 1.68. The number of nitrogens with one attached hydrogen (secondary N) is 1. The van der Waals surface area contributed by atoms with Gasteiger partial charge in [-0.25, -0.2) is 0 Å². The molecule has 0 aromatic heterocycles. The summed E-state index contributed by atoms with van der Waals surface area (Å²) < 4.78 is 61.0. The van der Waals surface area contributed by atoms with Crippen LogP contribution in [0.15, 0.2) is 0 Å². The molecule has 0 fully saturated rings. The van der Waals surface area contributed by atoms with Crippen LogP contribution in [0.4, 0.5) is 22.0 Å².